The van der Waals surface area contributed by atoms with Crippen molar-refractivity contribution in [2.45, 2.75) is 24.8 Å². The van der Waals surface area contributed by atoms with Gasteiger partial charge in [0.2, 0.25) is 11.8 Å². The van der Waals surface area contributed by atoms with Crippen LogP contribution in [0.15, 0.2) is 52.4 Å². The summed E-state index contributed by atoms with van der Waals surface area (Å²) in [5, 5.41) is 5.32. The standard InChI is InChI=1S/C19H20N4O5S/c1-11(20-18-14-6-4-5-7-17(14)29(26,27)23-18)19(25)22-15-10-13(21-12(2)24)8-9-16(15)28-3/h4-11H,1-3H3,(H,20,23)(H,21,24)(H,22,25)/t11-/m0/s1. The Bertz CT molecular complexity index is 1110. The first-order valence-electron chi connectivity index (χ1n) is 8.68. The Labute approximate surface area is 168 Å². The van der Waals surface area contributed by atoms with E-state index in [1.165, 1.54) is 20.1 Å². The lowest BCUT2D eigenvalue weighted by molar-refractivity contribution is -0.117. The number of fused-ring (bicyclic) bond motifs is 1. The number of nitrogens with one attached hydrogen (secondary N) is 3. The van der Waals surface area contributed by atoms with Crippen LogP contribution in [-0.2, 0) is 19.6 Å². The summed E-state index contributed by atoms with van der Waals surface area (Å²) in [7, 11) is -2.23. The minimum absolute atomic E-state index is 0.113. The van der Waals surface area contributed by atoms with Crippen molar-refractivity contribution < 1.29 is 22.7 Å². The number of nitrogens with zero attached hydrogens (tertiary/aromatic N) is 1. The van der Waals surface area contributed by atoms with E-state index < -0.39 is 22.0 Å². The van der Waals surface area contributed by atoms with Crippen LogP contribution in [0.25, 0.3) is 0 Å². The van der Waals surface area contributed by atoms with Crippen molar-refractivity contribution in [2.24, 2.45) is 4.99 Å². The van der Waals surface area contributed by atoms with Crippen molar-refractivity contribution in [3.05, 3.63) is 48.0 Å². The number of carbonyl (C=O) groups excluding carboxylic acids is 2. The lowest BCUT2D eigenvalue weighted by atomic mass is 10.2. The molecule has 1 aliphatic heterocycles. The van der Waals surface area contributed by atoms with Crippen molar-refractivity contribution in [1.29, 1.82) is 0 Å². The lowest BCUT2D eigenvalue weighted by Crippen LogP contribution is -2.29. The van der Waals surface area contributed by atoms with Gasteiger partial charge < -0.3 is 15.4 Å². The van der Waals surface area contributed by atoms with Gasteiger partial charge in [-0.3, -0.25) is 19.3 Å². The molecule has 0 radical (unpaired) electrons. The molecule has 2 aromatic rings. The monoisotopic (exact) mass is 416 g/mol. The van der Waals surface area contributed by atoms with Gasteiger partial charge in [-0.05, 0) is 37.3 Å². The van der Waals surface area contributed by atoms with Crippen molar-refractivity contribution >= 4 is 39.0 Å². The van der Waals surface area contributed by atoms with Crippen molar-refractivity contribution in [3.63, 3.8) is 0 Å². The number of aliphatic imine (C=N–C) groups is 1. The molecule has 0 saturated heterocycles. The van der Waals surface area contributed by atoms with Crippen LogP contribution in [0.5, 0.6) is 5.75 Å². The van der Waals surface area contributed by atoms with Crippen LogP contribution in [0.1, 0.15) is 19.4 Å². The van der Waals surface area contributed by atoms with Gasteiger partial charge in [-0.2, -0.15) is 0 Å². The van der Waals surface area contributed by atoms with Crippen LogP contribution >= 0.6 is 0 Å². The summed E-state index contributed by atoms with van der Waals surface area (Å²) in [4.78, 5) is 28.2. The molecular formula is C19H20N4O5S. The molecule has 29 heavy (non-hydrogen) atoms. The van der Waals surface area contributed by atoms with Gasteiger partial charge in [0.15, 0.2) is 0 Å². The summed E-state index contributed by atoms with van der Waals surface area (Å²) in [6.07, 6.45) is 0. The maximum Gasteiger partial charge on any atom is 0.263 e. The fourth-order valence-corrected chi connectivity index (χ4v) is 4.04. The lowest BCUT2D eigenvalue weighted by Gasteiger charge is -2.14. The van der Waals surface area contributed by atoms with E-state index in [9.17, 15) is 18.0 Å². The van der Waals surface area contributed by atoms with Gasteiger partial charge in [0.05, 0.1) is 17.7 Å². The van der Waals surface area contributed by atoms with E-state index in [0.29, 0.717) is 22.7 Å². The minimum Gasteiger partial charge on any atom is -0.495 e. The quantitative estimate of drug-likeness (QED) is 0.684. The number of methoxy groups -OCH3 is 1. The first-order chi connectivity index (χ1) is 13.7. The number of anilines is 2. The number of hydrogen-bond donors (Lipinski definition) is 3. The zero-order chi connectivity index (χ0) is 21.2. The Morgan fingerprint density at radius 3 is 2.55 bits per heavy atom. The molecule has 10 heteroatoms. The van der Waals surface area contributed by atoms with E-state index in [2.05, 4.69) is 20.3 Å². The highest BCUT2D eigenvalue weighted by atomic mass is 32.2. The molecule has 2 aromatic carbocycles. The summed E-state index contributed by atoms with van der Waals surface area (Å²) >= 11 is 0. The van der Waals surface area contributed by atoms with Gasteiger partial charge in [0, 0.05) is 18.2 Å². The molecule has 0 aromatic heterocycles. The highest BCUT2D eigenvalue weighted by Crippen LogP contribution is 2.28. The van der Waals surface area contributed by atoms with Crippen LogP contribution < -0.4 is 20.1 Å². The number of ether oxygens (including phenoxy) is 1. The molecule has 0 unspecified atom stereocenters. The molecule has 3 N–H and O–H groups in total. The average molecular weight is 416 g/mol. The number of benzene rings is 2. The van der Waals surface area contributed by atoms with Crippen LogP contribution in [0.2, 0.25) is 0 Å². The van der Waals surface area contributed by atoms with Gasteiger partial charge in [0.25, 0.3) is 10.0 Å². The molecule has 0 saturated carbocycles. The molecule has 9 nitrogen and oxygen atoms in total. The SMILES string of the molecule is COc1ccc(NC(C)=O)cc1NC(=O)[C@H](C)N=C1NS(=O)(=O)c2ccccc21. The minimum atomic E-state index is -3.69. The fourth-order valence-electron chi connectivity index (χ4n) is 2.81. The zero-order valence-corrected chi connectivity index (χ0v) is 16.8. The van der Waals surface area contributed by atoms with Crippen molar-refractivity contribution in [2.75, 3.05) is 17.7 Å². The van der Waals surface area contributed by atoms with E-state index in [4.69, 9.17) is 4.74 Å². The number of hydrogen-bond acceptors (Lipinski definition) is 6. The smallest absolute Gasteiger partial charge is 0.263 e. The summed E-state index contributed by atoms with van der Waals surface area (Å²) in [5.74, 6) is -0.208. The van der Waals surface area contributed by atoms with Crippen LogP contribution in [0.4, 0.5) is 11.4 Å². The molecule has 0 aliphatic carbocycles. The molecule has 1 heterocycles. The van der Waals surface area contributed by atoms with Gasteiger partial charge in [-0.15, -0.1) is 0 Å². The van der Waals surface area contributed by atoms with E-state index in [-0.39, 0.29) is 16.6 Å². The molecular weight excluding hydrogens is 396 g/mol. The molecule has 2 amide bonds. The molecule has 0 spiro atoms. The summed E-state index contributed by atoms with van der Waals surface area (Å²) < 4.78 is 31.9. The summed E-state index contributed by atoms with van der Waals surface area (Å²) in [5.41, 5.74) is 1.26. The number of rotatable bonds is 5. The summed E-state index contributed by atoms with van der Waals surface area (Å²) in [6, 6.07) is 10.3. The Hall–Kier alpha value is -3.40. The predicted molar refractivity (Wildman–Crippen MR) is 109 cm³/mol. The van der Waals surface area contributed by atoms with E-state index in [1.54, 1.807) is 43.3 Å². The number of amidine groups is 1. The first kappa shape index (κ1) is 20.3. The zero-order valence-electron chi connectivity index (χ0n) is 16.0. The second kappa shape index (κ2) is 7.92. The molecule has 3 rings (SSSR count). The van der Waals surface area contributed by atoms with Gasteiger partial charge in [0.1, 0.15) is 17.6 Å². The Morgan fingerprint density at radius 1 is 1.14 bits per heavy atom. The number of carbonyl (C=O) groups is 2. The molecule has 152 valence electrons. The highest BCUT2D eigenvalue weighted by molar-refractivity contribution is 7.90. The Balaban J connectivity index is 1.83. The first-order valence-corrected chi connectivity index (χ1v) is 10.2. The molecule has 0 fully saturated rings. The molecule has 1 aliphatic rings. The average Bonchev–Trinajstić information content (AvgIpc) is 2.92. The van der Waals surface area contributed by atoms with Crippen LogP contribution in [-0.4, -0.2) is 39.2 Å². The maximum absolute atomic E-state index is 12.6. The number of sulfonamides is 1. The second-order valence-electron chi connectivity index (χ2n) is 6.34. The van der Waals surface area contributed by atoms with Crippen molar-refractivity contribution in [3.8, 4) is 5.75 Å². The van der Waals surface area contributed by atoms with Crippen molar-refractivity contribution in [1.82, 2.24) is 4.72 Å². The fraction of sp³-hybridized carbons (Fsp3) is 0.211. The van der Waals surface area contributed by atoms with Gasteiger partial charge >= 0.3 is 0 Å². The van der Waals surface area contributed by atoms with Crippen LogP contribution in [0, 0.1) is 0 Å². The predicted octanol–water partition coefficient (Wildman–Crippen LogP) is 1.72. The second-order valence-corrected chi connectivity index (χ2v) is 7.99. The van der Waals surface area contributed by atoms with E-state index >= 15 is 0 Å². The van der Waals surface area contributed by atoms with Crippen LogP contribution in [0.3, 0.4) is 0 Å². The van der Waals surface area contributed by atoms with Gasteiger partial charge in [-0.1, -0.05) is 12.1 Å². The number of amides is 2. The summed E-state index contributed by atoms with van der Waals surface area (Å²) in [6.45, 7) is 2.92. The Kier molecular flexibility index (Phi) is 5.55. The third kappa shape index (κ3) is 4.37. The third-order valence-corrected chi connectivity index (χ3v) is 5.54. The van der Waals surface area contributed by atoms with Gasteiger partial charge in [-0.25, -0.2) is 8.42 Å². The largest absolute Gasteiger partial charge is 0.495 e. The molecule has 0 bridgehead atoms. The Morgan fingerprint density at radius 2 is 1.86 bits per heavy atom. The van der Waals surface area contributed by atoms with E-state index in [0.717, 1.165) is 0 Å². The highest BCUT2D eigenvalue weighted by Gasteiger charge is 2.31. The maximum atomic E-state index is 12.6. The topological polar surface area (TPSA) is 126 Å². The normalized spacial score (nSPS) is 16.4. The third-order valence-electron chi connectivity index (χ3n) is 4.14. The molecule has 1 atom stereocenters. The van der Waals surface area contributed by atoms with E-state index in [1.807, 2.05) is 0 Å².